The maximum Gasteiger partial charge on any atom is 0.136 e. The van der Waals surface area contributed by atoms with Gasteiger partial charge in [-0.05, 0) is 19.8 Å². The summed E-state index contributed by atoms with van der Waals surface area (Å²) in [5, 5.41) is 0. The van der Waals surface area contributed by atoms with E-state index in [1.165, 1.54) is 32.1 Å². The second-order valence-electron chi connectivity index (χ2n) is 5.39. The fourth-order valence-electron chi connectivity index (χ4n) is 2.33. The molecule has 88 valence electrons. The van der Waals surface area contributed by atoms with Crippen LogP contribution in [-0.2, 0) is 9.53 Å². The molecule has 0 N–H and O–H groups in total. The molecular weight excluding hydrogens is 188 g/mol. The third-order valence-corrected chi connectivity index (χ3v) is 3.42. The van der Waals surface area contributed by atoms with Gasteiger partial charge in [0.1, 0.15) is 5.78 Å². The van der Waals surface area contributed by atoms with Crippen LogP contribution in [0.25, 0.3) is 0 Å². The molecule has 0 aromatic carbocycles. The Labute approximate surface area is 93.4 Å². The Morgan fingerprint density at radius 1 is 1.27 bits per heavy atom. The van der Waals surface area contributed by atoms with Gasteiger partial charge in [-0.2, -0.15) is 0 Å². The zero-order chi connectivity index (χ0) is 11.3. The van der Waals surface area contributed by atoms with Gasteiger partial charge in [0.2, 0.25) is 0 Å². The number of carbonyl (C=O) groups is 1. The number of Topliss-reactive ketones (excluding diaryl/α,β-unsaturated/α-hetero) is 1. The summed E-state index contributed by atoms with van der Waals surface area (Å²) in [7, 11) is 1.67. The van der Waals surface area contributed by atoms with Gasteiger partial charge in [0, 0.05) is 20.0 Å². The Kier molecular flexibility index (Phi) is 4.78. The molecule has 2 nitrogen and oxygen atoms in total. The van der Waals surface area contributed by atoms with Crippen molar-refractivity contribution >= 4 is 5.78 Å². The topological polar surface area (TPSA) is 26.3 Å². The number of hydrogen-bond donors (Lipinski definition) is 0. The van der Waals surface area contributed by atoms with Crippen LogP contribution in [0, 0.1) is 5.92 Å². The van der Waals surface area contributed by atoms with Crippen molar-refractivity contribution in [3.05, 3.63) is 0 Å². The van der Waals surface area contributed by atoms with Crippen molar-refractivity contribution in [2.24, 2.45) is 5.92 Å². The summed E-state index contributed by atoms with van der Waals surface area (Å²) >= 11 is 0. The lowest BCUT2D eigenvalue weighted by atomic mass is 9.84. The quantitative estimate of drug-likeness (QED) is 0.698. The van der Waals surface area contributed by atoms with Gasteiger partial charge >= 0.3 is 0 Å². The minimum absolute atomic E-state index is 0.286. The minimum Gasteiger partial charge on any atom is -0.378 e. The predicted octanol–water partition coefficient (Wildman–Crippen LogP) is 3.34. The van der Waals surface area contributed by atoms with Gasteiger partial charge in [-0.3, -0.25) is 4.79 Å². The molecule has 0 aromatic rings. The van der Waals surface area contributed by atoms with E-state index in [1.54, 1.807) is 7.11 Å². The van der Waals surface area contributed by atoms with Gasteiger partial charge in [-0.15, -0.1) is 0 Å². The molecule has 0 unspecified atom stereocenters. The van der Waals surface area contributed by atoms with Gasteiger partial charge in [-0.1, -0.05) is 32.1 Å². The number of hydrogen-bond acceptors (Lipinski definition) is 2. The van der Waals surface area contributed by atoms with E-state index >= 15 is 0 Å². The lowest BCUT2D eigenvalue weighted by molar-refractivity contribution is -0.125. The monoisotopic (exact) mass is 212 g/mol. The molecule has 0 aliphatic heterocycles. The lowest BCUT2D eigenvalue weighted by Gasteiger charge is -2.25. The van der Waals surface area contributed by atoms with Gasteiger partial charge in [-0.25, -0.2) is 0 Å². The van der Waals surface area contributed by atoms with Crippen molar-refractivity contribution in [2.45, 2.75) is 64.4 Å². The first-order chi connectivity index (χ1) is 7.03. The Morgan fingerprint density at radius 3 is 2.40 bits per heavy atom. The van der Waals surface area contributed by atoms with Gasteiger partial charge in [0.25, 0.3) is 0 Å². The minimum atomic E-state index is -0.286. The fraction of sp³-hybridized carbons (Fsp3) is 0.923. The molecule has 0 amide bonds. The molecule has 2 heteroatoms. The molecule has 1 saturated carbocycles. The van der Waals surface area contributed by atoms with E-state index in [0.717, 1.165) is 6.42 Å². The largest absolute Gasteiger partial charge is 0.378 e. The average molecular weight is 212 g/mol. The van der Waals surface area contributed by atoms with Crippen LogP contribution in [0.1, 0.15) is 58.8 Å². The zero-order valence-corrected chi connectivity index (χ0v) is 10.3. The molecule has 1 aliphatic carbocycles. The molecule has 1 rings (SSSR count). The van der Waals surface area contributed by atoms with Crippen LogP contribution in [-0.4, -0.2) is 18.5 Å². The zero-order valence-electron chi connectivity index (χ0n) is 10.3. The van der Waals surface area contributed by atoms with E-state index < -0.39 is 0 Å². The summed E-state index contributed by atoms with van der Waals surface area (Å²) in [5.41, 5.74) is -0.286. The molecule has 0 aromatic heterocycles. The summed E-state index contributed by atoms with van der Waals surface area (Å²) in [6, 6.07) is 0. The smallest absolute Gasteiger partial charge is 0.136 e. The second-order valence-corrected chi connectivity index (χ2v) is 5.39. The van der Waals surface area contributed by atoms with Crippen LogP contribution >= 0.6 is 0 Å². The first kappa shape index (κ1) is 12.7. The molecule has 0 saturated heterocycles. The van der Waals surface area contributed by atoms with Crippen molar-refractivity contribution in [1.82, 2.24) is 0 Å². The molecule has 0 radical (unpaired) electrons. The Balaban J connectivity index is 2.28. The van der Waals surface area contributed by atoms with Crippen molar-refractivity contribution in [3.63, 3.8) is 0 Å². The summed E-state index contributed by atoms with van der Waals surface area (Å²) in [6.07, 6.45) is 7.80. The highest BCUT2D eigenvalue weighted by atomic mass is 16.5. The normalized spacial score (nSPS) is 19.1. The van der Waals surface area contributed by atoms with E-state index in [-0.39, 0.29) is 5.60 Å². The summed E-state index contributed by atoms with van der Waals surface area (Å²) in [4.78, 5) is 11.8. The van der Waals surface area contributed by atoms with E-state index in [1.807, 2.05) is 13.8 Å². The first-order valence-corrected chi connectivity index (χ1v) is 6.10. The molecular formula is C13H24O2. The Bertz CT molecular complexity index is 203. The summed E-state index contributed by atoms with van der Waals surface area (Å²) < 4.78 is 5.28. The van der Waals surface area contributed by atoms with Gasteiger partial charge in [0.05, 0.1) is 5.60 Å². The number of rotatable bonds is 5. The third-order valence-electron chi connectivity index (χ3n) is 3.42. The Morgan fingerprint density at radius 2 is 1.87 bits per heavy atom. The fourth-order valence-corrected chi connectivity index (χ4v) is 2.33. The Hall–Kier alpha value is -0.370. The van der Waals surface area contributed by atoms with Crippen molar-refractivity contribution in [3.8, 4) is 0 Å². The number of ketones is 1. The molecule has 0 atom stereocenters. The van der Waals surface area contributed by atoms with Crippen LogP contribution in [0.4, 0.5) is 0 Å². The SMILES string of the molecule is COC(C)(C)CC(=O)CC1CCCCC1. The van der Waals surface area contributed by atoms with Crippen molar-refractivity contribution in [1.29, 1.82) is 0 Å². The number of methoxy groups -OCH3 is 1. The van der Waals surface area contributed by atoms with Crippen LogP contribution in [0.3, 0.4) is 0 Å². The molecule has 0 bridgehead atoms. The predicted molar refractivity (Wildman–Crippen MR) is 61.9 cm³/mol. The molecule has 1 aliphatic rings. The molecule has 0 heterocycles. The molecule has 15 heavy (non-hydrogen) atoms. The lowest BCUT2D eigenvalue weighted by Crippen LogP contribution is -2.27. The summed E-state index contributed by atoms with van der Waals surface area (Å²) in [6.45, 7) is 3.96. The van der Waals surface area contributed by atoms with Crippen molar-refractivity contribution in [2.75, 3.05) is 7.11 Å². The third kappa shape index (κ3) is 4.78. The van der Waals surface area contributed by atoms with Gasteiger partial charge < -0.3 is 4.74 Å². The van der Waals surface area contributed by atoms with Crippen LogP contribution < -0.4 is 0 Å². The van der Waals surface area contributed by atoms with Gasteiger partial charge in [0.15, 0.2) is 0 Å². The highest BCUT2D eigenvalue weighted by molar-refractivity contribution is 5.79. The van der Waals surface area contributed by atoms with Crippen LogP contribution in [0.15, 0.2) is 0 Å². The van der Waals surface area contributed by atoms with Crippen LogP contribution in [0.5, 0.6) is 0 Å². The van der Waals surface area contributed by atoms with Crippen LogP contribution in [0.2, 0.25) is 0 Å². The molecule has 1 fully saturated rings. The number of carbonyl (C=O) groups excluding carboxylic acids is 1. The van der Waals surface area contributed by atoms with E-state index in [9.17, 15) is 4.79 Å². The van der Waals surface area contributed by atoms with Crippen molar-refractivity contribution < 1.29 is 9.53 Å². The highest BCUT2D eigenvalue weighted by Crippen LogP contribution is 2.27. The van der Waals surface area contributed by atoms with E-state index in [4.69, 9.17) is 4.74 Å². The average Bonchev–Trinajstić information content (AvgIpc) is 2.18. The molecule has 0 spiro atoms. The number of ether oxygens (including phenoxy) is 1. The first-order valence-electron chi connectivity index (χ1n) is 6.10. The second kappa shape index (κ2) is 5.64. The summed E-state index contributed by atoms with van der Waals surface area (Å²) in [5.74, 6) is 1.02. The maximum absolute atomic E-state index is 11.8. The highest BCUT2D eigenvalue weighted by Gasteiger charge is 2.23. The van der Waals surface area contributed by atoms with E-state index in [2.05, 4.69) is 0 Å². The van der Waals surface area contributed by atoms with E-state index in [0.29, 0.717) is 18.1 Å². The standard InChI is InChI=1S/C13H24O2/c1-13(2,15-3)10-12(14)9-11-7-5-4-6-8-11/h11H,4-10H2,1-3H3. The maximum atomic E-state index is 11.8.